The summed E-state index contributed by atoms with van der Waals surface area (Å²) in [6.07, 6.45) is 1.80. The van der Waals surface area contributed by atoms with E-state index >= 15 is 0 Å². The molecule has 2 fully saturated rings. The minimum Gasteiger partial charge on any atom is -0.445 e. The van der Waals surface area contributed by atoms with E-state index < -0.39 is 96.6 Å². The Morgan fingerprint density at radius 2 is 1.43 bits per heavy atom. The zero-order valence-corrected chi connectivity index (χ0v) is 56.4. The molecule has 10 amide bonds. The molecule has 2 aromatic carbocycles. The lowest BCUT2D eigenvalue weighted by Gasteiger charge is -2.39. The van der Waals surface area contributed by atoms with Gasteiger partial charge < -0.3 is 55.7 Å². The number of anilines is 1. The van der Waals surface area contributed by atoms with Crippen LogP contribution in [0.15, 0.2) is 54.6 Å². The van der Waals surface area contributed by atoms with Crippen molar-refractivity contribution < 1.29 is 67.3 Å². The topological polar surface area (TPSA) is 292 Å². The predicted molar refractivity (Wildman–Crippen MR) is 345 cm³/mol. The molecule has 0 spiro atoms. The number of likely N-dealkylation sites (tertiary alicyclic amines) is 2. The number of nitrogens with zero attached hydrogens (tertiary/aromatic N) is 4. The highest BCUT2D eigenvalue weighted by Gasteiger charge is 2.43. The molecule has 2 aromatic rings. The summed E-state index contributed by atoms with van der Waals surface area (Å²) in [5.74, 6) is -3.37. The van der Waals surface area contributed by atoms with Gasteiger partial charge in [0.25, 0.3) is 0 Å². The van der Waals surface area contributed by atoms with E-state index in [-0.39, 0.29) is 79.0 Å². The number of hydrogen-bond donors (Lipinski definition) is 6. The molecule has 0 radical (unpaired) electrons. The predicted octanol–water partition coefficient (Wildman–Crippen LogP) is 6.22. The van der Waals surface area contributed by atoms with E-state index in [4.69, 9.17) is 14.2 Å². The Hall–Kier alpha value is -6.63. The molecule has 502 valence electrons. The molecule has 0 aromatic heterocycles. The summed E-state index contributed by atoms with van der Waals surface area (Å²) in [7, 11) is 6.05. The maximum atomic E-state index is 14.3. The van der Waals surface area contributed by atoms with Crippen molar-refractivity contribution in [3.05, 3.63) is 65.7 Å². The highest BCUT2D eigenvalue weighted by atomic mass is 32.2. The molecule has 0 saturated carbocycles. The Bertz CT molecular complexity index is 2680. The third kappa shape index (κ3) is 22.6. The highest BCUT2D eigenvalue weighted by Crippen LogP contribution is 2.31. The van der Waals surface area contributed by atoms with Crippen molar-refractivity contribution in [1.82, 2.24) is 40.9 Å². The lowest BCUT2D eigenvalue weighted by Crippen LogP contribution is -2.56. The van der Waals surface area contributed by atoms with Gasteiger partial charge in [-0.1, -0.05) is 118 Å². The largest absolute Gasteiger partial charge is 0.445 e. The zero-order valence-electron chi connectivity index (χ0n) is 55.5. The van der Waals surface area contributed by atoms with Crippen LogP contribution in [-0.2, 0) is 64.0 Å². The van der Waals surface area contributed by atoms with E-state index in [9.17, 15) is 53.1 Å². The van der Waals surface area contributed by atoms with Crippen LogP contribution in [0.25, 0.3) is 0 Å². The SMILES string of the molecule is CC[C@H](C)[C@@H]([C@@H](CC(=O)N1CCC[C@H]1[C@H](OC)[C@@H](C)C(=O)N[C@H](C)[C@@H](O)c1ccccc1)OC)N(C)C(=O)CNC(=O)C(C(C)C)N(C)C(=O)OCc1ccc(NC(=O)CNC(=O)C(NC(=O)CCCCCN2C(=O)CC(SCCC(C)C)C2=O)C(C)C)cc1. The van der Waals surface area contributed by atoms with Gasteiger partial charge in [0, 0.05) is 59.9 Å². The first-order chi connectivity index (χ1) is 42.6. The summed E-state index contributed by atoms with van der Waals surface area (Å²) < 4.78 is 17.5. The molecule has 4 rings (SSSR count). The van der Waals surface area contributed by atoms with Crippen LogP contribution in [0.1, 0.15) is 151 Å². The molecule has 6 N–H and O–H groups in total. The van der Waals surface area contributed by atoms with Gasteiger partial charge in [-0.05, 0) is 91.7 Å². The number of thioether (sulfide) groups is 1. The van der Waals surface area contributed by atoms with Gasteiger partial charge in [-0.15, -0.1) is 11.8 Å². The lowest BCUT2D eigenvalue weighted by atomic mass is 9.90. The number of methoxy groups -OCH3 is 2. The van der Waals surface area contributed by atoms with Gasteiger partial charge in [0.2, 0.25) is 53.2 Å². The fraction of sp³-hybridized carbons (Fsp3) is 0.667. The van der Waals surface area contributed by atoms with Crippen molar-refractivity contribution in [2.45, 2.75) is 194 Å². The molecule has 23 nitrogen and oxygen atoms in total. The molecule has 24 heteroatoms. The Morgan fingerprint density at radius 1 is 0.767 bits per heavy atom. The molecule has 11 atom stereocenters. The highest BCUT2D eigenvalue weighted by molar-refractivity contribution is 8.00. The van der Waals surface area contributed by atoms with Crippen LogP contribution < -0.4 is 26.6 Å². The van der Waals surface area contributed by atoms with Crippen molar-refractivity contribution in [3.8, 4) is 0 Å². The second-order valence-electron chi connectivity index (χ2n) is 25.1. The van der Waals surface area contributed by atoms with Crippen molar-refractivity contribution in [2.24, 2.45) is 29.6 Å². The Morgan fingerprint density at radius 3 is 2.04 bits per heavy atom. The third-order valence-corrected chi connectivity index (χ3v) is 18.3. The first-order valence-corrected chi connectivity index (χ1v) is 32.9. The van der Waals surface area contributed by atoms with Gasteiger partial charge in [-0.2, -0.15) is 0 Å². The van der Waals surface area contributed by atoms with Crippen molar-refractivity contribution >= 4 is 76.7 Å². The van der Waals surface area contributed by atoms with Gasteiger partial charge >= 0.3 is 6.09 Å². The van der Waals surface area contributed by atoms with Gasteiger partial charge in [0.05, 0.1) is 67.1 Å². The molecule has 3 unspecified atom stereocenters. The Kier molecular flexibility index (Phi) is 31.7. The molecular weight excluding hydrogens is 1170 g/mol. The number of likely N-dealkylation sites (N-methyl/N-ethyl adjacent to an activating group) is 2. The number of benzene rings is 2. The van der Waals surface area contributed by atoms with Crippen LogP contribution in [0.3, 0.4) is 0 Å². The summed E-state index contributed by atoms with van der Waals surface area (Å²) in [5, 5.41) is 24.3. The van der Waals surface area contributed by atoms with E-state index in [1.54, 1.807) is 102 Å². The van der Waals surface area contributed by atoms with Crippen LogP contribution in [0, 0.1) is 29.6 Å². The summed E-state index contributed by atoms with van der Waals surface area (Å²) in [4.78, 5) is 139. The zero-order chi connectivity index (χ0) is 66.9. The van der Waals surface area contributed by atoms with Gasteiger partial charge in [-0.3, -0.25) is 53.0 Å². The molecule has 0 aliphatic carbocycles. The van der Waals surface area contributed by atoms with E-state index in [1.807, 2.05) is 32.0 Å². The van der Waals surface area contributed by atoms with E-state index in [0.29, 0.717) is 74.3 Å². The lowest BCUT2D eigenvalue weighted by molar-refractivity contribution is -0.146. The quantitative estimate of drug-likeness (QED) is 0.0324. The number of aliphatic hydroxyl groups is 1. The number of unbranched alkanes of at least 4 members (excludes halogenated alkanes) is 2. The second-order valence-corrected chi connectivity index (χ2v) is 26.4. The number of rotatable bonds is 37. The second kappa shape index (κ2) is 37.6. The molecule has 2 saturated heterocycles. The first-order valence-electron chi connectivity index (χ1n) is 31.9. The van der Waals surface area contributed by atoms with Crippen LogP contribution >= 0.6 is 11.8 Å². The summed E-state index contributed by atoms with van der Waals surface area (Å²) in [5.41, 5.74) is 1.65. The van der Waals surface area contributed by atoms with Crippen molar-refractivity contribution in [1.29, 1.82) is 0 Å². The molecule has 0 bridgehead atoms. The molecule has 2 heterocycles. The van der Waals surface area contributed by atoms with Crippen LogP contribution in [0.5, 0.6) is 0 Å². The summed E-state index contributed by atoms with van der Waals surface area (Å²) in [6, 6.07) is 12.0. The van der Waals surface area contributed by atoms with Crippen LogP contribution in [0.2, 0.25) is 0 Å². The number of carbonyl (C=O) groups excluding carboxylic acids is 10. The molecular formula is C66H103N9O14S. The number of hydrogen-bond acceptors (Lipinski definition) is 15. The Balaban J connectivity index is 1.22. The van der Waals surface area contributed by atoms with E-state index in [0.717, 1.165) is 12.2 Å². The van der Waals surface area contributed by atoms with E-state index in [2.05, 4.69) is 40.4 Å². The maximum Gasteiger partial charge on any atom is 0.410 e. The molecule has 90 heavy (non-hydrogen) atoms. The van der Waals surface area contributed by atoms with Crippen LogP contribution in [-0.4, -0.2) is 192 Å². The van der Waals surface area contributed by atoms with Gasteiger partial charge in [0.15, 0.2) is 0 Å². The normalized spacial score (nSPS) is 18.0. The third-order valence-electron chi connectivity index (χ3n) is 17.1. The smallest absolute Gasteiger partial charge is 0.410 e. The van der Waals surface area contributed by atoms with Gasteiger partial charge in [0.1, 0.15) is 18.7 Å². The Labute approximate surface area is 537 Å². The van der Waals surface area contributed by atoms with Crippen molar-refractivity contribution in [2.75, 3.05) is 65.6 Å². The first kappa shape index (κ1) is 75.8. The number of aliphatic hydroxyl groups excluding tert-OH is 1. The number of nitrogens with one attached hydrogen (secondary N) is 5. The van der Waals surface area contributed by atoms with Crippen LogP contribution in [0.4, 0.5) is 10.5 Å². The van der Waals surface area contributed by atoms with Gasteiger partial charge in [-0.25, -0.2) is 4.79 Å². The fourth-order valence-electron chi connectivity index (χ4n) is 11.5. The standard InChI is InChI=1S/C66H103N9O14S/c1-15-43(8)59(50(87-13)35-54(78)74-33-22-25-49(74)61(88-14)44(9)62(82)69-45(10)60(81)47-23-18-16-19-24-47)72(11)56(80)38-68-64(84)58(42(6)7)73(12)66(86)89-39-46-27-29-48(30-28-46)70-53(77)37-67-63(83)57(41(4)5)71-52(76)26-20-17-21-32-75-55(79)36-51(65(75)85)90-34-31-40(2)3/h16,18-19,23-24,27-30,40-45,49-51,57-61,81H,15,17,20-22,25-26,31-39H2,1-14H3,(H,67,83)(H,68,84)(H,69,82)(H,70,77)(H,71,76)/t43-,44+,45+,49-,50+,51?,57?,58?,59-,60+,61+/m0/s1. The number of carbonyl (C=O) groups is 10. The molecule has 2 aliphatic rings. The van der Waals surface area contributed by atoms with E-state index in [1.165, 1.54) is 36.0 Å². The number of imide groups is 1. The summed E-state index contributed by atoms with van der Waals surface area (Å²) >= 11 is 1.54. The fourth-order valence-corrected chi connectivity index (χ4v) is 12.9. The number of ether oxygens (including phenoxy) is 3. The minimum atomic E-state index is -1.03. The maximum absolute atomic E-state index is 14.3. The average Bonchev–Trinajstić information content (AvgIpc) is 2.98. The monoisotopic (exact) mass is 1280 g/mol. The minimum absolute atomic E-state index is 0.0712. The average molecular weight is 1280 g/mol. The molecule has 2 aliphatic heterocycles. The number of amides is 10. The summed E-state index contributed by atoms with van der Waals surface area (Å²) in [6.45, 7) is 18.5. The van der Waals surface area contributed by atoms with Crippen molar-refractivity contribution in [3.63, 3.8) is 0 Å².